The molecule has 0 saturated carbocycles. The van der Waals surface area contributed by atoms with Crippen LogP contribution in [0, 0.1) is 0 Å². The summed E-state index contributed by atoms with van der Waals surface area (Å²) < 4.78 is 0. The van der Waals surface area contributed by atoms with Crippen LogP contribution in [0.25, 0.3) is 0 Å². The smallest absolute Gasteiger partial charge is 0.129 e. The minimum atomic E-state index is 0.140. The van der Waals surface area contributed by atoms with Gasteiger partial charge in [-0.15, -0.1) is 0 Å². The van der Waals surface area contributed by atoms with Crippen molar-refractivity contribution in [3.05, 3.63) is 29.0 Å². The van der Waals surface area contributed by atoms with Gasteiger partial charge in [0.2, 0.25) is 0 Å². The van der Waals surface area contributed by atoms with Crippen molar-refractivity contribution in [1.29, 1.82) is 0 Å². The lowest BCUT2D eigenvalue weighted by Gasteiger charge is -2.03. The quantitative estimate of drug-likeness (QED) is 0.686. The fraction of sp³-hybridized carbons (Fsp3) is 0.375. The van der Waals surface area contributed by atoms with E-state index in [4.69, 9.17) is 17.3 Å². The Morgan fingerprint density at radius 2 is 2.36 bits per heavy atom. The van der Waals surface area contributed by atoms with E-state index in [1.165, 1.54) is 0 Å². The van der Waals surface area contributed by atoms with Gasteiger partial charge < -0.3 is 5.73 Å². The highest BCUT2D eigenvalue weighted by molar-refractivity contribution is 6.29. The molecule has 2 nitrogen and oxygen atoms in total. The number of halogens is 1. The Kier molecular flexibility index (Phi) is 2.85. The highest BCUT2D eigenvalue weighted by Gasteiger charge is 1.98. The number of pyridine rings is 1. The molecular formula is C8H11ClN2. The summed E-state index contributed by atoms with van der Waals surface area (Å²) in [6, 6.07) is 5.70. The molecule has 3 heteroatoms. The van der Waals surface area contributed by atoms with Gasteiger partial charge in [0.1, 0.15) is 5.15 Å². The first-order valence-electron chi connectivity index (χ1n) is 3.55. The largest absolute Gasteiger partial charge is 0.328 e. The molecule has 0 radical (unpaired) electrons. The first kappa shape index (κ1) is 8.50. The molecule has 0 unspecified atom stereocenters. The van der Waals surface area contributed by atoms with E-state index < -0.39 is 0 Å². The zero-order valence-corrected chi connectivity index (χ0v) is 7.17. The summed E-state index contributed by atoms with van der Waals surface area (Å²) in [7, 11) is 0. The van der Waals surface area contributed by atoms with Crippen LogP contribution >= 0.6 is 11.6 Å². The third-order valence-corrected chi connectivity index (χ3v) is 1.51. The molecule has 0 saturated heterocycles. The average Bonchev–Trinajstić information content (AvgIpc) is 1.85. The van der Waals surface area contributed by atoms with E-state index in [2.05, 4.69) is 4.98 Å². The van der Waals surface area contributed by atoms with Gasteiger partial charge in [-0.3, -0.25) is 0 Å². The second kappa shape index (κ2) is 3.69. The second-order valence-corrected chi connectivity index (χ2v) is 3.02. The molecule has 1 atom stereocenters. The van der Waals surface area contributed by atoms with Crippen LogP contribution in [-0.2, 0) is 6.42 Å². The molecule has 1 aromatic rings. The molecule has 1 aromatic heterocycles. The van der Waals surface area contributed by atoms with Crippen molar-refractivity contribution in [2.45, 2.75) is 19.4 Å². The molecule has 0 aliphatic heterocycles. The third-order valence-electron chi connectivity index (χ3n) is 1.30. The number of hydrogen-bond donors (Lipinski definition) is 1. The lowest BCUT2D eigenvalue weighted by atomic mass is 10.2. The maximum atomic E-state index is 5.68. The Bertz CT molecular complexity index is 235. The van der Waals surface area contributed by atoms with Gasteiger partial charge in [-0.1, -0.05) is 17.7 Å². The van der Waals surface area contributed by atoms with Crippen molar-refractivity contribution >= 4 is 11.6 Å². The minimum Gasteiger partial charge on any atom is -0.328 e. The van der Waals surface area contributed by atoms with Crippen LogP contribution in [-0.4, -0.2) is 11.0 Å². The zero-order valence-electron chi connectivity index (χ0n) is 6.42. The number of nitrogens with two attached hydrogens (primary N) is 1. The molecule has 0 aliphatic carbocycles. The molecule has 0 spiro atoms. The third kappa shape index (κ3) is 2.87. The fourth-order valence-electron chi connectivity index (χ4n) is 0.894. The maximum absolute atomic E-state index is 5.68. The van der Waals surface area contributed by atoms with Crippen LogP contribution in [0.1, 0.15) is 12.6 Å². The fourth-order valence-corrected chi connectivity index (χ4v) is 1.08. The van der Waals surface area contributed by atoms with E-state index in [1.807, 2.05) is 19.1 Å². The maximum Gasteiger partial charge on any atom is 0.129 e. The molecule has 0 bridgehead atoms. The summed E-state index contributed by atoms with van der Waals surface area (Å²) in [5.74, 6) is 0. The monoisotopic (exact) mass is 170 g/mol. The Balaban J connectivity index is 2.71. The SMILES string of the molecule is C[C@H](N)Cc1cccc(Cl)n1. The van der Waals surface area contributed by atoms with Crippen molar-refractivity contribution in [3.8, 4) is 0 Å². The standard InChI is InChI=1S/C8H11ClN2/c1-6(10)5-7-3-2-4-8(9)11-7/h2-4,6H,5,10H2,1H3/t6-/m0/s1. The van der Waals surface area contributed by atoms with Gasteiger partial charge in [-0.2, -0.15) is 0 Å². The first-order chi connectivity index (χ1) is 5.18. The van der Waals surface area contributed by atoms with Crippen LogP contribution in [0.5, 0.6) is 0 Å². The van der Waals surface area contributed by atoms with Crippen molar-refractivity contribution in [2.75, 3.05) is 0 Å². The van der Waals surface area contributed by atoms with Gasteiger partial charge in [0, 0.05) is 18.2 Å². The van der Waals surface area contributed by atoms with Gasteiger partial charge in [0.15, 0.2) is 0 Å². The molecule has 0 aromatic carbocycles. The number of hydrogen-bond acceptors (Lipinski definition) is 2. The first-order valence-corrected chi connectivity index (χ1v) is 3.93. The van der Waals surface area contributed by atoms with Crippen LogP contribution in [0.15, 0.2) is 18.2 Å². The molecular weight excluding hydrogens is 160 g/mol. The van der Waals surface area contributed by atoms with Gasteiger partial charge >= 0.3 is 0 Å². The predicted octanol–water partition coefficient (Wildman–Crippen LogP) is 1.62. The lowest BCUT2D eigenvalue weighted by molar-refractivity contribution is 0.722. The van der Waals surface area contributed by atoms with Crippen LogP contribution in [0.4, 0.5) is 0 Å². The summed E-state index contributed by atoms with van der Waals surface area (Å²) >= 11 is 5.68. The minimum absolute atomic E-state index is 0.140. The highest BCUT2D eigenvalue weighted by Crippen LogP contribution is 2.05. The van der Waals surface area contributed by atoms with Crippen molar-refractivity contribution in [2.24, 2.45) is 5.73 Å². The summed E-state index contributed by atoms with van der Waals surface area (Å²) in [4.78, 5) is 4.10. The normalized spacial score (nSPS) is 13.0. The van der Waals surface area contributed by atoms with Crippen molar-refractivity contribution in [3.63, 3.8) is 0 Å². The molecule has 60 valence electrons. The van der Waals surface area contributed by atoms with E-state index in [0.29, 0.717) is 5.15 Å². The van der Waals surface area contributed by atoms with E-state index >= 15 is 0 Å². The van der Waals surface area contributed by atoms with Crippen LogP contribution in [0.2, 0.25) is 5.15 Å². The molecule has 1 rings (SSSR count). The zero-order chi connectivity index (χ0) is 8.27. The van der Waals surface area contributed by atoms with Crippen molar-refractivity contribution in [1.82, 2.24) is 4.98 Å². The van der Waals surface area contributed by atoms with Crippen LogP contribution in [0.3, 0.4) is 0 Å². The van der Waals surface area contributed by atoms with E-state index in [9.17, 15) is 0 Å². The molecule has 2 N–H and O–H groups in total. The van der Waals surface area contributed by atoms with Gasteiger partial charge in [0.05, 0.1) is 0 Å². The molecule has 1 heterocycles. The Labute approximate surface area is 71.4 Å². The topological polar surface area (TPSA) is 38.9 Å². The van der Waals surface area contributed by atoms with E-state index in [1.54, 1.807) is 6.07 Å². The van der Waals surface area contributed by atoms with Gasteiger partial charge in [0.25, 0.3) is 0 Å². The average molecular weight is 171 g/mol. The van der Waals surface area contributed by atoms with Gasteiger partial charge in [-0.25, -0.2) is 4.98 Å². The van der Waals surface area contributed by atoms with E-state index in [0.717, 1.165) is 12.1 Å². The van der Waals surface area contributed by atoms with Crippen LogP contribution < -0.4 is 5.73 Å². The number of rotatable bonds is 2. The molecule has 11 heavy (non-hydrogen) atoms. The van der Waals surface area contributed by atoms with Crippen molar-refractivity contribution < 1.29 is 0 Å². The Morgan fingerprint density at radius 1 is 1.64 bits per heavy atom. The van der Waals surface area contributed by atoms with E-state index in [-0.39, 0.29) is 6.04 Å². The lowest BCUT2D eigenvalue weighted by Crippen LogP contribution is -2.18. The van der Waals surface area contributed by atoms with Gasteiger partial charge in [-0.05, 0) is 19.1 Å². The predicted molar refractivity (Wildman–Crippen MR) is 46.6 cm³/mol. The summed E-state index contributed by atoms with van der Waals surface area (Å²) in [6.07, 6.45) is 0.778. The number of aromatic nitrogens is 1. The molecule has 0 fully saturated rings. The highest BCUT2D eigenvalue weighted by atomic mass is 35.5. The summed E-state index contributed by atoms with van der Waals surface area (Å²) in [6.45, 7) is 1.95. The second-order valence-electron chi connectivity index (χ2n) is 2.63. The Morgan fingerprint density at radius 3 is 2.91 bits per heavy atom. The molecule has 0 amide bonds. The number of nitrogens with zero attached hydrogens (tertiary/aromatic N) is 1. The summed E-state index contributed by atoms with van der Waals surface area (Å²) in [5.41, 5.74) is 6.54. The Hall–Kier alpha value is -0.600. The summed E-state index contributed by atoms with van der Waals surface area (Å²) in [5, 5.41) is 0.531. The molecule has 0 aliphatic rings.